The van der Waals surface area contributed by atoms with Crippen LogP contribution in [0.3, 0.4) is 0 Å². The number of thiophene rings is 1. The maximum absolute atomic E-state index is 11.9. The number of hydrogen-bond donors (Lipinski definition) is 0. The maximum atomic E-state index is 11.9. The van der Waals surface area contributed by atoms with Crippen LogP contribution in [0, 0.1) is 0 Å². The van der Waals surface area contributed by atoms with Crippen LogP contribution in [0.4, 0.5) is 0 Å². The van der Waals surface area contributed by atoms with Gasteiger partial charge in [0.25, 0.3) is 0 Å². The molecule has 0 aliphatic rings. The van der Waals surface area contributed by atoms with Gasteiger partial charge in [-0.25, -0.2) is 4.79 Å². The molecule has 2 heterocycles. The number of rotatable bonds is 4. The van der Waals surface area contributed by atoms with Gasteiger partial charge in [0.15, 0.2) is 0 Å². The number of nitrogens with zero attached hydrogens (tertiary/aromatic N) is 2. The Bertz CT molecular complexity index is 526. The van der Waals surface area contributed by atoms with Crippen LogP contribution in [0.25, 0.3) is 0 Å². The Morgan fingerprint density at radius 3 is 2.75 bits per heavy atom. The van der Waals surface area contributed by atoms with Crippen LogP contribution in [-0.2, 0) is 13.1 Å². The fourth-order valence-electron chi connectivity index (χ4n) is 1.58. The van der Waals surface area contributed by atoms with Crippen LogP contribution in [0.1, 0.15) is 18.2 Å². The van der Waals surface area contributed by atoms with Crippen LogP contribution in [0.15, 0.2) is 33.1 Å². The van der Waals surface area contributed by atoms with Crippen LogP contribution in [0.2, 0.25) is 0 Å². The zero-order valence-electron chi connectivity index (χ0n) is 9.02. The Balaban J connectivity index is 2.23. The summed E-state index contributed by atoms with van der Waals surface area (Å²) in [5.74, 6) is 0. The van der Waals surface area contributed by atoms with Crippen molar-refractivity contribution in [2.45, 2.75) is 26.4 Å². The van der Waals surface area contributed by atoms with Gasteiger partial charge in [-0.15, -0.1) is 11.3 Å². The molecule has 0 saturated heterocycles. The fourth-order valence-corrected chi connectivity index (χ4v) is 3.05. The molecule has 0 spiro atoms. The molecule has 0 bridgehead atoms. The molecule has 0 fully saturated rings. The van der Waals surface area contributed by atoms with E-state index >= 15 is 0 Å². The molecular weight excluding hydrogens is 288 g/mol. The highest BCUT2D eigenvalue weighted by Gasteiger charge is 2.06. The van der Waals surface area contributed by atoms with E-state index in [1.807, 2.05) is 23.8 Å². The van der Waals surface area contributed by atoms with E-state index in [2.05, 4.69) is 22.9 Å². The standard InChI is InChI=1S/C11H13BrN2OS/c1-2-4-13-5-6-14(11(13)15)8-10-9(12)3-7-16-10/h3,5-7H,2,4,8H2,1H3. The van der Waals surface area contributed by atoms with Gasteiger partial charge in [0.2, 0.25) is 0 Å². The number of aromatic nitrogens is 2. The van der Waals surface area contributed by atoms with Gasteiger partial charge in [0, 0.05) is 28.3 Å². The predicted octanol–water partition coefficient (Wildman–Crippen LogP) is 2.93. The van der Waals surface area contributed by atoms with Crippen molar-refractivity contribution in [3.8, 4) is 0 Å². The largest absolute Gasteiger partial charge is 0.328 e. The van der Waals surface area contributed by atoms with Crippen LogP contribution in [0.5, 0.6) is 0 Å². The molecule has 2 rings (SSSR count). The third-order valence-electron chi connectivity index (χ3n) is 2.39. The number of imidazole rings is 1. The van der Waals surface area contributed by atoms with E-state index in [-0.39, 0.29) is 5.69 Å². The van der Waals surface area contributed by atoms with Crippen molar-refractivity contribution in [3.05, 3.63) is 43.7 Å². The second-order valence-electron chi connectivity index (χ2n) is 3.59. The van der Waals surface area contributed by atoms with Crippen molar-refractivity contribution in [1.82, 2.24) is 9.13 Å². The summed E-state index contributed by atoms with van der Waals surface area (Å²) in [6, 6.07) is 2.01. The number of halogens is 1. The summed E-state index contributed by atoms with van der Waals surface area (Å²) >= 11 is 5.13. The SMILES string of the molecule is CCCn1ccn(Cc2sccc2Br)c1=O. The summed E-state index contributed by atoms with van der Waals surface area (Å²) in [6.45, 7) is 3.50. The Morgan fingerprint density at radius 2 is 2.12 bits per heavy atom. The second-order valence-corrected chi connectivity index (χ2v) is 5.45. The first-order valence-electron chi connectivity index (χ1n) is 5.20. The molecule has 0 radical (unpaired) electrons. The maximum Gasteiger partial charge on any atom is 0.328 e. The lowest BCUT2D eigenvalue weighted by Gasteiger charge is -2.00. The summed E-state index contributed by atoms with van der Waals surface area (Å²) in [5, 5.41) is 2.02. The predicted molar refractivity (Wildman–Crippen MR) is 70.1 cm³/mol. The second kappa shape index (κ2) is 5.01. The molecular formula is C11H13BrN2OS. The van der Waals surface area contributed by atoms with Crippen LogP contribution >= 0.6 is 27.3 Å². The molecule has 0 amide bonds. The Labute approximate surface area is 106 Å². The van der Waals surface area contributed by atoms with Crippen molar-refractivity contribution >= 4 is 27.3 Å². The zero-order valence-corrected chi connectivity index (χ0v) is 11.4. The van der Waals surface area contributed by atoms with Gasteiger partial charge in [-0.3, -0.25) is 9.13 Å². The minimum absolute atomic E-state index is 0.0714. The van der Waals surface area contributed by atoms with Crippen molar-refractivity contribution in [2.75, 3.05) is 0 Å². The van der Waals surface area contributed by atoms with E-state index in [0.717, 1.165) is 17.4 Å². The topological polar surface area (TPSA) is 26.9 Å². The molecule has 0 aliphatic heterocycles. The molecule has 2 aromatic heterocycles. The van der Waals surface area contributed by atoms with Gasteiger partial charge >= 0.3 is 5.69 Å². The summed E-state index contributed by atoms with van der Waals surface area (Å²) < 4.78 is 4.57. The Morgan fingerprint density at radius 1 is 1.38 bits per heavy atom. The highest BCUT2D eigenvalue weighted by Crippen LogP contribution is 2.22. The van der Waals surface area contributed by atoms with Gasteiger partial charge < -0.3 is 0 Å². The minimum atomic E-state index is 0.0714. The number of aryl methyl sites for hydroxylation is 1. The fraction of sp³-hybridized carbons (Fsp3) is 0.364. The van der Waals surface area contributed by atoms with E-state index in [1.165, 1.54) is 4.88 Å². The highest BCUT2D eigenvalue weighted by atomic mass is 79.9. The Kier molecular flexibility index (Phi) is 3.66. The van der Waals surface area contributed by atoms with Crippen molar-refractivity contribution in [1.29, 1.82) is 0 Å². The normalized spacial score (nSPS) is 10.9. The summed E-state index contributed by atoms with van der Waals surface area (Å²) in [7, 11) is 0. The summed E-state index contributed by atoms with van der Waals surface area (Å²) in [4.78, 5) is 13.1. The van der Waals surface area contributed by atoms with Gasteiger partial charge in [-0.2, -0.15) is 0 Å². The third kappa shape index (κ3) is 2.30. The Hall–Kier alpha value is -0.810. The third-order valence-corrected chi connectivity index (χ3v) is 4.30. The van der Waals surface area contributed by atoms with Gasteiger partial charge in [0.05, 0.1) is 6.54 Å². The van der Waals surface area contributed by atoms with E-state index in [9.17, 15) is 4.79 Å². The first-order valence-corrected chi connectivity index (χ1v) is 6.87. The van der Waals surface area contributed by atoms with E-state index < -0.39 is 0 Å². The molecule has 0 unspecified atom stereocenters. The molecule has 0 saturated carbocycles. The molecule has 0 aromatic carbocycles. The molecule has 0 aliphatic carbocycles. The average molecular weight is 301 g/mol. The lowest BCUT2D eigenvalue weighted by molar-refractivity contribution is 0.625. The zero-order chi connectivity index (χ0) is 11.5. The van der Waals surface area contributed by atoms with E-state index in [1.54, 1.807) is 20.5 Å². The summed E-state index contributed by atoms with van der Waals surface area (Å²) in [6.07, 6.45) is 4.68. The molecule has 86 valence electrons. The highest BCUT2D eigenvalue weighted by molar-refractivity contribution is 9.10. The average Bonchev–Trinajstić information content (AvgIpc) is 2.80. The number of hydrogen-bond acceptors (Lipinski definition) is 2. The van der Waals surface area contributed by atoms with Crippen molar-refractivity contribution in [3.63, 3.8) is 0 Å². The lowest BCUT2D eigenvalue weighted by atomic mass is 10.4. The minimum Gasteiger partial charge on any atom is -0.299 e. The van der Waals surface area contributed by atoms with Gasteiger partial charge in [-0.05, 0) is 33.8 Å². The van der Waals surface area contributed by atoms with Crippen molar-refractivity contribution < 1.29 is 0 Å². The smallest absolute Gasteiger partial charge is 0.299 e. The van der Waals surface area contributed by atoms with Gasteiger partial charge in [-0.1, -0.05) is 6.92 Å². The quantitative estimate of drug-likeness (QED) is 0.853. The molecule has 5 heteroatoms. The molecule has 0 N–H and O–H groups in total. The van der Waals surface area contributed by atoms with Crippen molar-refractivity contribution in [2.24, 2.45) is 0 Å². The summed E-state index contributed by atoms with van der Waals surface area (Å²) in [5.41, 5.74) is 0.0714. The van der Waals surface area contributed by atoms with Crippen LogP contribution < -0.4 is 5.69 Å². The first-order chi connectivity index (χ1) is 7.72. The van der Waals surface area contributed by atoms with E-state index in [0.29, 0.717) is 6.54 Å². The lowest BCUT2D eigenvalue weighted by Crippen LogP contribution is -2.24. The molecule has 0 atom stereocenters. The molecule has 16 heavy (non-hydrogen) atoms. The monoisotopic (exact) mass is 300 g/mol. The first kappa shape index (κ1) is 11.7. The van der Waals surface area contributed by atoms with Gasteiger partial charge in [0.1, 0.15) is 0 Å². The van der Waals surface area contributed by atoms with Crippen LogP contribution in [-0.4, -0.2) is 9.13 Å². The molecule has 3 nitrogen and oxygen atoms in total. The molecule has 2 aromatic rings. The van der Waals surface area contributed by atoms with E-state index in [4.69, 9.17) is 0 Å².